The Labute approximate surface area is 221 Å². The highest BCUT2D eigenvalue weighted by molar-refractivity contribution is 7.84. The van der Waals surface area contributed by atoms with Crippen molar-refractivity contribution >= 4 is 62.2 Å². The Hall–Kier alpha value is -0.730. The highest BCUT2D eigenvalue weighted by atomic mass is 31.1. The molecule has 3 aliphatic heterocycles. The molecule has 36 heavy (non-hydrogen) atoms. The van der Waals surface area contributed by atoms with Gasteiger partial charge < -0.3 is 18.6 Å². The smallest absolute Gasteiger partial charge is 0.399 e. The van der Waals surface area contributed by atoms with Crippen molar-refractivity contribution in [1.29, 1.82) is 0 Å². The molecule has 2 aromatic rings. The number of benzene rings is 2. The van der Waals surface area contributed by atoms with E-state index in [0.717, 1.165) is 23.2 Å². The van der Waals surface area contributed by atoms with Crippen LogP contribution in [0.5, 0.6) is 0 Å². The fourth-order valence-electron chi connectivity index (χ4n) is 5.16. The van der Waals surface area contributed by atoms with Crippen molar-refractivity contribution in [1.82, 2.24) is 0 Å². The van der Waals surface area contributed by atoms with Gasteiger partial charge in [-0.15, -0.1) is 0 Å². The predicted molar refractivity (Wildman–Crippen MR) is 158 cm³/mol. The van der Waals surface area contributed by atoms with Crippen molar-refractivity contribution in [3.63, 3.8) is 0 Å². The largest absolute Gasteiger partial charge is 0.494 e. The Morgan fingerprint density at radius 3 is 1.11 bits per heavy atom. The lowest BCUT2D eigenvalue weighted by Gasteiger charge is -2.35. The fourth-order valence-corrected chi connectivity index (χ4v) is 11.0. The summed E-state index contributed by atoms with van der Waals surface area (Å²) in [4.78, 5) is 0. The van der Waals surface area contributed by atoms with Gasteiger partial charge in [0.2, 0.25) is 0 Å². The van der Waals surface area contributed by atoms with Crippen LogP contribution in [0.25, 0.3) is 0 Å². The summed E-state index contributed by atoms with van der Waals surface area (Å²) in [5, 5.41) is 6.03. The van der Waals surface area contributed by atoms with Crippen LogP contribution in [-0.4, -0.2) is 49.0 Å². The summed E-state index contributed by atoms with van der Waals surface area (Å²) in [5.74, 6) is 0. The minimum atomic E-state index is -0.451. The predicted octanol–water partition coefficient (Wildman–Crippen LogP) is 3.50. The van der Waals surface area contributed by atoms with Crippen molar-refractivity contribution in [3.8, 4) is 0 Å². The van der Waals surface area contributed by atoms with Crippen molar-refractivity contribution in [2.24, 2.45) is 0 Å². The lowest BCUT2D eigenvalue weighted by Crippen LogP contribution is -2.47. The van der Waals surface area contributed by atoms with E-state index in [9.17, 15) is 0 Å². The normalized spacial score (nSPS) is 27.2. The SMILES string of the molecule is CCP1c2ccc(B3OC(C)(C)C(C)(C)O3)cc2P(CC)c2ccc(B3OC(C)(C)C(C)(C)O3)cc21. The molecule has 2 atom stereocenters. The van der Waals surface area contributed by atoms with Crippen molar-refractivity contribution in [2.75, 3.05) is 12.3 Å². The number of hydrogen-bond donors (Lipinski definition) is 0. The van der Waals surface area contributed by atoms with E-state index >= 15 is 0 Å². The van der Waals surface area contributed by atoms with E-state index in [0.29, 0.717) is 0 Å². The summed E-state index contributed by atoms with van der Waals surface area (Å²) >= 11 is 0. The second-order valence-electron chi connectivity index (χ2n) is 12.2. The van der Waals surface area contributed by atoms with Crippen LogP contribution in [0.2, 0.25) is 0 Å². The van der Waals surface area contributed by atoms with Gasteiger partial charge in [-0.3, -0.25) is 0 Å². The molecular weight excluding hydrogens is 484 g/mol. The molecule has 192 valence electrons. The third-order valence-corrected chi connectivity index (χ3v) is 14.3. The van der Waals surface area contributed by atoms with Gasteiger partial charge in [0.05, 0.1) is 22.4 Å². The van der Waals surface area contributed by atoms with Gasteiger partial charge in [-0.1, -0.05) is 50.2 Å². The topological polar surface area (TPSA) is 36.9 Å². The Morgan fingerprint density at radius 1 is 0.528 bits per heavy atom. The summed E-state index contributed by atoms with van der Waals surface area (Å²) in [5.41, 5.74) is 0.921. The molecule has 0 amide bonds. The molecule has 0 bridgehead atoms. The second-order valence-corrected chi connectivity index (χ2v) is 17.1. The van der Waals surface area contributed by atoms with Crippen LogP contribution < -0.4 is 32.1 Å². The maximum Gasteiger partial charge on any atom is 0.494 e. The monoisotopic (exact) mass is 524 g/mol. The van der Waals surface area contributed by atoms with Gasteiger partial charge in [0.15, 0.2) is 0 Å². The first-order valence-corrected chi connectivity index (χ1v) is 16.3. The van der Waals surface area contributed by atoms with Crippen molar-refractivity contribution < 1.29 is 18.6 Å². The van der Waals surface area contributed by atoms with Crippen LogP contribution in [-0.2, 0) is 18.6 Å². The first-order chi connectivity index (χ1) is 16.7. The summed E-state index contributed by atoms with van der Waals surface area (Å²) in [7, 11) is -1.55. The Balaban J connectivity index is 1.52. The van der Waals surface area contributed by atoms with Crippen LogP contribution in [0.3, 0.4) is 0 Å². The van der Waals surface area contributed by atoms with E-state index < -0.39 is 15.8 Å². The molecule has 0 saturated carbocycles. The van der Waals surface area contributed by atoms with E-state index in [1.54, 1.807) is 0 Å². The molecule has 0 N–H and O–H groups in total. The molecule has 2 unspecified atom stereocenters. The molecule has 4 nitrogen and oxygen atoms in total. The van der Waals surface area contributed by atoms with Crippen LogP contribution in [0.1, 0.15) is 69.2 Å². The van der Waals surface area contributed by atoms with Gasteiger partial charge in [-0.25, -0.2) is 0 Å². The Morgan fingerprint density at radius 2 is 0.833 bits per heavy atom. The van der Waals surface area contributed by atoms with E-state index in [4.69, 9.17) is 18.6 Å². The maximum absolute atomic E-state index is 6.40. The highest BCUT2D eigenvalue weighted by Crippen LogP contribution is 2.45. The maximum atomic E-state index is 6.40. The summed E-state index contributed by atoms with van der Waals surface area (Å²) < 4.78 is 25.6. The lowest BCUT2D eigenvalue weighted by molar-refractivity contribution is 0.00578. The first-order valence-electron chi connectivity index (χ1n) is 13.3. The molecule has 0 spiro atoms. The minimum Gasteiger partial charge on any atom is -0.399 e. The molecule has 8 heteroatoms. The summed E-state index contributed by atoms with van der Waals surface area (Å²) in [6.45, 7) is 21.6. The highest BCUT2D eigenvalue weighted by Gasteiger charge is 2.53. The molecule has 2 saturated heterocycles. The zero-order valence-corrected chi connectivity index (χ0v) is 25.3. The van der Waals surface area contributed by atoms with Crippen LogP contribution >= 0.6 is 15.8 Å². The van der Waals surface area contributed by atoms with Gasteiger partial charge in [0.1, 0.15) is 0 Å². The standard InChI is InChI=1S/C28H40B2O4P2/c1-11-35-21-15-13-20(30-33-27(7,8)28(9,10)34-30)18-24(21)36(12-2)22-16-14-19(17-23(22)35)29-31-25(3,4)26(5,6)32-29/h13-18H,11-12H2,1-10H3. The van der Waals surface area contributed by atoms with E-state index in [2.05, 4.69) is 106 Å². The first kappa shape index (κ1) is 26.9. The van der Waals surface area contributed by atoms with Crippen LogP contribution in [0, 0.1) is 0 Å². The quantitative estimate of drug-likeness (QED) is 0.454. The average molecular weight is 524 g/mol. The Bertz CT molecular complexity index is 1060. The second kappa shape index (κ2) is 8.90. The zero-order chi connectivity index (χ0) is 26.3. The number of hydrogen-bond acceptors (Lipinski definition) is 4. The van der Waals surface area contributed by atoms with E-state index in [1.165, 1.54) is 21.2 Å². The third kappa shape index (κ3) is 4.16. The van der Waals surface area contributed by atoms with Gasteiger partial charge in [-0.05, 0) is 116 Å². The molecule has 5 rings (SSSR count). The van der Waals surface area contributed by atoms with Gasteiger partial charge in [-0.2, -0.15) is 0 Å². The van der Waals surface area contributed by atoms with Crippen molar-refractivity contribution in [2.45, 2.75) is 91.6 Å². The molecule has 2 fully saturated rings. The van der Waals surface area contributed by atoms with Gasteiger partial charge >= 0.3 is 14.2 Å². The zero-order valence-electron chi connectivity index (χ0n) is 23.6. The average Bonchev–Trinajstić information content (AvgIpc) is 3.16. The van der Waals surface area contributed by atoms with Crippen molar-refractivity contribution in [3.05, 3.63) is 36.4 Å². The van der Waals surface area contributed by atoms with Gasteiger partial charge in [0, 0.05) is 0 Å². The third-order valence-electron chi connectivity index (χ3n) is 8.85. The Kier molecular flexibility index (Phi) is 6.64. The lowest BCUT2D eigenvalue weighted by atomic mass is 9.79. The van der Waals surface area contributed by atoms with Gasteiger partial charge in [0.25, 0.3) is 0 Å². The number of rotatable bonds is 4. The molecule has 0 aliphatic carbocycles. The molecule has 0 aromatic heterocycles. The molecule has 2 aromatic carbocycles. The summed E-state index contributed by atoms with van der Waals surface area (Å²) in [6, 6.07) is 14.0. The number of fused-ring (bicyclic) bond motifs is 2. The summed E-state index contributed by atoms with van der Waals surface area (Å²) in [6.07, 6.45) is 2.23. The van der Waals surface area contributed by atoms with E-state index in [1.807, 2.05) is 0 Å². The van der Waals surface area contributed by atoms with Crippen LogP contribution in [0.4, 0.5) is 0 Å². The molecule has 3 heterocycles. The van der Waals surface area contributed by atoms with Crippen LogP contribution in [0.15, 0.2) is 36.4 Å². The molecule has 3 aliphatic rings. The fraction of sp³-hybridized carbons (Fsp3) is 0.571. The minimum absolute atomic E-state index is 0.325. The molecular formula is C28H40B2O4P2. The van der Waals surface area contributed by atoms with E-state index in [-0.39, 0.29) is 36.6 Å². The molecule has 0 radical (unpaired) electrons.